The fourth-order valence-corrected chi connectivity index (χ4v) is 2.22. The fourth-order valence-electron chi connectivity index (χ4n) is 2.22. The van der Waals surface area contributed by atoms with Gasteiger partial charge in [0.15, 0.2) is 0 Å². The first-order chi connectivity index (χ1) is 8.76. The van der Waals surface area contributed by atoms with Gasteiger partial charge in [-0.15, -0.1) is 0 Å². The molecule has 0 saturated heterocycles. The SMILES string of the molecule is CCCC(CNCCOC)Cc1ccc(C)cc1. The third-order valence-electron chi connectivity index (χ3n) is 3.26. The largest absolute Gasteiger partial charge is 0.383 e. The molecule has 1 rings (SSSR count). The van der Waals surface area contributed by atoms with E-state index in [9.17, 15) is 0 Å². The van der Waals surface area contributed by atoms with Crippen LogP contribution in [-0.4, -0.2) is 26.8 Å². The molecule has 0 aliphatic carbocycles. The summed E-state index contributed by atoms with van der Waals surface area (Å²) in [5.74, 6) is 0.731. The van der Waals surface area contributed by atoms with Gasteiger partial charge in [0.1, 0.15) is 0 Å². The molecule has 2 heteroatoms. The molecule has 2 nitrogen and oxygen atoms in total. The van der Waals surface area contributed by atoms with Crippen LogP contribution in [0.15, 0.2) is 24.3 Å². The molecule has 0 heterocycles. The highest BCUT2D eigenvalue weighted by Crippen LogP contribution is 2.14. The van der Waals surface area contributed by atoms with Crippen LogP contribution >= 0.6 is 0 Å². The molecule has 18 heavy (non-hydrogen) atoms. The van der Waals surface area contributed by atoms with Crippen LogP contribution in [0, 0.1) is 12.8 Å². The molecule has 0 amide bonds. The van der Waals surface area contributed by atoms with Gasteiger partial charge in [-0.25, -0.2) is 0 Å². The summed E-state index contributed by atoms with van der Waals surface area (Å²) in [5.41, 5.74) is 2.79. The maximum Gasteiger partial charge on any atom is 0.0587 e. The van der Waals surface area contributed by atoms with Gasteiger partial charge in [0.2, 0.25) is 0 Å². The average molecular weight is 249 g/mol. The Balaban J connectivity index is 2.38. The maximum atomic E-state index is 5.05. The van der Waals surface area contributed by atoms with Crippen molar-refractivity contribution in [3.8, 4) is 0 Å². The summed E-state index contributed by atoms with van der Waals surface area (Å²) >= 11 is 0. The quantitative estimate of drug-likeness (QED) is 0.679. The van der Waals surface area contributed by atoms with E-state index in [-0.39, 0.29) is 0 Å². The molecule has 1 unspecified atom stereocenters. The molecule has 102 valence electrons. The number of hydrogen-bond donors (Lipinski definition) is 1. The summed E-state index contributed by atoms with van der Waals surface area (Å²) in [4.78, 5) is 0. The van der Waals surface area contributed by atoms with Gasteiger partial charge in [-0.1, -0.05) is 43.2 Å². The summed E-state index contributed by atoms with van der Waals surface area (Å²) in [6, 6.07) is 8.92. The Morgan fingerprint density at radius 2 is 1.94 bits per heavy atom. The minimum absolute atomic E-state index is 0.731. The van der Waals surface area contributed by atoms with E-state index < -0.39 is 0 Å². The zero-order valence-electron chi connectivity index (χ0n) is 12.0. The third-order valence-corrected chi connectivity index (χ3v) is 3.26. The summed E-state index contributed by atoms with van der Waals surface area (Å²) in [6.45, 7) is 7.23. The number of ether oxygens (including phenoxy) is 1. The van der Waals surface area contributed by atoms with Crippen LogP contribution < -0.4 is 5.32 Å². The van der Waals surface area contributed by atoms with Crippen molar-refractivity contribution in [3.63, 3.8) is 0 Å². The highest BCUT2D eigenvalue weighted by molar-refractivity contribution is 5.21. The zero-order chi connectivity index (χ0) is 13.2. The Morgan fingerprint density at radius 1 is 1.22 bits per heavy atom. The van der Waals surface area contributed by atoms with E-state index in [1.165, 1.54) is 30.4 Å². The van der Waals surface area contributed by atoms with Gasteiger partial charge in [0.25, 0.3) is 0 Å². The van der Waals surface area contributed by atoms with Gasteiger partial charge in [-0.05, 0) is 37.8 Å². The van der Waals surface area contributed by atoms with E-state index in [2.05, 4.69) is 43.4 Å². The molecule has 1 aromatic carbocycles. The third kappa shape index (κ3) is 6.18. The second-order valence-corrected chi connectivity index (χ2v) is 5.04. The lowest BCUT2D eigenvalue weighted by molar-refractivity contribution is 0.197. The van der Waals surface area contributed by atoms with Gasteiger partial charge in [0.05, 0.1) is 6.61 Å². The van der Waals surface area contributed by atoms with Crippen molar-refractivity contribution in [1.29, 1.82) is 0 Å². The van der Waals surface area contributed by atoms with E-state index in [4.69, 9.17) is 4.74 Å². The summed E-state index contributed by atoms with van der Waals surface area (Å²) in [7, 11) is 1.75. The Morgan fingerprint density at radius 3 is 2.56 bits per heavy atom. The predicted molar refractivity (Wildman–Crippen MR) is 78.0 cm³/mol. The fraction of sp³-hybridized carbons (Fsp3) is 0.625. The van der Waals surface area contributed by atoms with Gasteiger partial charge in [-0.2, -0.15) is 0 Å². The van der Waals surface area contributed by atoms with E-state index in [1.54, 1.807) is 7.11 Å². The molecular formula is C16H27NO. The summed E-state index contributed by atoms with van der Waals surface area (Å²) in [6.07, 6.45) is 3.71. The van der Waals surface area contributed by atoms with E-state index in [0.29, 0.717) is 0 Å². The first-order valence-electron chi connectivity index (χ1n) is 7.01. The van der Waals surface area contributed by atoms with Crippen LogP contribution in [0.25, 0.3) is 0 Å². The molecule has 0 bridgehead atoms. The lowest BCUT2D eigenvalue weighted by atomic mass is 9.94. The van der Waals surface area contributed by atoms with Crippen molar-refractivity contribution in [2.45, 2.75) is 33.1 Å². The Hall–Kier alpha value is -0.860. The van der Waals surface area contributed by atoms with Crippen molar-refractivity contribution >= 4 is 0 Å². The van der Waals surface area contributed by atoms with E-state index in [0.717, 1.165) is 25.6 Å². The highest BCUT2D eigenvalue weighted by Gasteiger charge is 2.08. The molecule has 0 saturated carbocycles. The normalized spacial score (nSPS) is 12.6. The number of nitrogens with one attached hydrogen (secondary N) is 1. The van der Waals surface area contributed by atoms with Crippen LogP contribution in [0.4, 0.5) is 0 Å². The van der Waals surface area contributed by atoms with Gasteiger partial charge >= 0.3 is 0 Å². The van der Waals surface area contributed by atoms with Gasteiger partial charge < -0.3 is 10.1 Å². The van der Waals surface area contributed by atoms with Crippen molar-refractivity contribution < 1.29 is 4.74 Å². The van der Waals surface area contributed by atoms with Crippen molar-refractivity contribution in [1.82, 2.24) is 5.32 Å². The molecule has 1 aromatic rings. The van der Waals surface area contributed by atoms with Crippen LogP contribution in [0.5, 0.6) is 0 Å². The summed E-state index contributed by atoms with van der Waals surface area (Å²) in [5, 5.41) is 3.48. The molecule has 0 spiro atoms. The number of aryl methyl sites for hydroxylation is 1. The molecule has 1 N–H and O–H groups in total. The van der Waals surface area contributed by atoms with Crippen LogP contribution in [0.3, 0.4) is 0 Å². The molecule has 0 radical (unpaired) electrons. The molecule has 0 fully saturated rings. The predicted octanol–water partition coefficient (Wildman–Crippen LogP) is 3.19. The second kappa shape index (κ2) is 9.12. The Kier molecular flexibility index (Phi) is 7.70. The second-order valence-electron chi connectivity index (χ2n) is 5.04. The number of rotatable bonds is 9. The molecule has 0 aliphatic rings. The van der Waals surface area contributed by atoms with E-state index >= 15 is 0 Å². The van der Waals surface area contributed by atoms with Crippen LogP contribution in [0.1, 0.15) is 30.9 Å². The molecular weight excluding hydrogens is 222 g/mol. The zero-order valence-corrected chi connectivity index (χ0v) is 12.0. The minimum atomic E-state index is 0.731. The van der Waals surface area contributed by atoms with E-state index in [1.807, 2.05) is 0 Å². The molecule has 1 atom stereocenters. The van der Waals surface area contributed by atoms with Gasteiger partial charge in [0, 0.05) is 13.7 Å². The van der Waals surface area contributed by atoms with Crippen molar-refractivity contribution in [2.75, 3.05) is 26.8 Å². The smallest absolute Gasteiger partial charge is 0.0587 e. The lowest BCUT2D eigenvalue weighted by Gasteiger charge is -2.17. The monoisotopic (exact) mass is 249 g/mol. The average Bonchev–Trinajstić information content (AvgIpc) is 2.37. The lowest BCUT2D eigenvalue weighted by Crippen LogP contribution is -2.27. The molecule has 0 aliphatic heterocycles. The summed E-state index contributed by atoms with van der Waals surface area (Å²) < 4.78 is 5.05. The minimum Gasteiger partial charge on any atom is -0.383 e. The van der Waals surface area contributed by atoms with Crippen molar-refractivity contribution in [2.24, 2.45) is 5.92 Å². The first kappa shape index (κ1) is 15.2. The topological polar surface area (TPSA) is 21.3 Å². The van der Waals surface area contributed by atoms with Crippen LogP contribution in [0.2, 0.25) is 0 Å². The van der Waals surface area contributed by atoms with Gasteiger partial charge in [-0.3, -0.25) is 0 Å². The Bertz CT molecular complexity index is 307. The first-order valence-corrected chi connectivity index (χ1v) is 7.01. The Labute approximate surface area is 112 Å². The van der Waals surface area contributed by atoms with Crippen molar-refractivity contribution in [3.05, 3.63) is 35.4 Å². The standard InChI is InChI=1S/C16H27NO/c1-4-5-16(13-17-10-11-18-3)12-15-8-6-14(2)7-9-15/h6-9,16-17H,4-5,10-13H2,1-3H3. The highest BCUT2D eigenvalue weighted by atomic mass is 16.5. The molecule has 0 aromatic heterocycles. The number of hydrogen-bond acceptors (Lipinski definition) is 2. The van der Waals surface area contributed by atoms with Crippen LogP contribution in [-0.2, 0) is 11.2 Å². The number of benzene rings is 1. The number of methoxy groups -OCH3 is 1. The maximum absolute atomic E-state index is 5.05.